The van der Waals surface area contributed by atoms with Crippen molar-refractivity contribution >= 4 is 87.5 Å². The minimum Gasteiger partial charge on any atom is -0.456 e. The first-order valence-electron chi connectivity index (χ1n) is 30.7. The van der Waals surface area contributed by atoms with Gasteiger partial charge in [-0.1, -0.05) is 196 Å². The van der Waals surface area contributed by atoms with Crippen LogP contribution in [-0.4, -0.2) is 39.0 Å². The summed E-state index contributed by atoms with van der Waals surface area (Å²) in [6.07, 6.45) is 0. The van der Waals surface area contributed by atoms with Crippen molar-refractivity contribution in [2.75, 3.05) is 0 Å². The Balaban J connectivity index is 0.760. The standard InChI is InChI=1S/C81H50N8O2/c1-81(2)63-45-67-59(53-29-15-17-33-65(53)88(67)51-37-39-69-61(41-51)73-55(31-19-35-71(73)90-69)79-84-75(47-21-7-3-8-22-47)82-76(85-79)48-23-9-4-10-24-48)43-57(63)58-44-60-54-30-16-18-34-66(54)89(68(60)46-64(58)81)52-38-40-70-62(42-52)74-56(32-20-36-72(74)91-70)80-86-77(49-25-11-5-12-26-49)83-78(87-80)50-27-13-6-14-28-50/h3-46H,1-2H3. The largest absolute Gasteiger partial charge is 0.456 e. The van der Waals surface area contributed by atoms with Crippen LogP contribution in [0.1, 0.15) is 25.0 Å². The SMILES string of the molecule is CC1(C)c2cc3c(cc2-c2cc4c5ccccc5n(-c5ccc6oc7cccc(-c8nc(-c9ccccc9)nc(-c9ccccc9)n8)c7c6c5)c4cc21)c1ccccc1n3-c1ccc2oc3cccc(-c4nc(-c5ccccc5)nc(-c5ccccc5)n4)c3c2c1. The van der Waals surface area contributed by atoms with E-state index >= 15 is 0 Å². The first-order valence-corrected chi connectivity index (χ1v) is 30.7. The molecule has 0 N–H and O–H groups in total. The van der Waals surface area contributed by atoms with Crippen LogP contribution in [-0.2, 0) is 5.41 Å². The molecule has 6 aromatic heterocycles. The fourth-order valence-electron chi connectivity index (χ4n) is 14.4. The number of hydrogen-bond acceptors (Lipinski definition) is 8. The van der Waals surface area contributed by atoms with Crippen molar-refractivity contribution in [3.05, 3.63) is 278 Å². The highest BCUT2D eigenvalue weighted by molar-refractivity contribution is 6.17. The summed E-state index contributed by atoms with van der Waals surface area (Å²) in [5.74, 6) is 3.58. The van der Waals surface area contributed by atoms with Crippen molar-refractivity contribution in [3.63, 3.8) is 0 Å². The van der Waals surface area contributed by atoms with Gasteiger partial charge in [0.2, 0.25) is 0 Å². The summed E-state index contributed by atoms with van der Waals surface area (Å²) in [7, 11) is 0. The summed E-state index contributed by atoms with van der Waals surface area (Å²) in [6.45, 7) is 4.76. The van der Waals surface area contributed by atoms with Crippen molar-refractivity contribution in [2.45, 2.75) is 19.3 Å². The minimum absolute atomic E-state index is 0.377. The van der Waals surface area contributed by atoms with Crippen molar-refractivity contribution in [2.24, 2.45) is 0 Å². The third kappa shape index (κ3) is 7.79. The molecule has 0 amide bonds. The predicted octanol–water partition coefficient (Wildman–Crippen LogP) is 20.4. The van der Waals surface area contributed by atoms with E-state index in [1.165, 1.54) is 43.8 Å². The number of furan rings is 2. The lowest BCUT2D eigenvalue weighted by Gasteiger charge is -2.22. The minimum atomic E-state index is -0.377. The van der Waals surface area contributed by atoms with Crippen LogP contribution < -0.4 is 0 Å². The molecule has 0 saturated carbocycles. The Morgan fingerprint density at radius 3 is 1.00 bits per heavy atom. The van der Waals surface area contributed by atoms with Gasteiger partial charge in [0.25, 0.3) is 0 Å². The molecule has 426 valence electrons. The van der Waals surface area contributed by atoms with Gasteiger partial charge < -0.3 is 18.0 Å². The van der Waals surface area contributed by atoms with E-state index in [2.05, 4.69) is 144 Å². The second kappa shape index (κ2) is 19.4. The molecule has 18 aromatic rings. The molecule has 0 spiro atoms. The zero-order valence-corrected chi connectivity index (χ0v) is 49.3. The van der Waals surface area contributed by atoms with Gasteiger partial charge in [0, 0.05) is 93.3 Å². The van der Waals surface area contributed by atoms with E-state index in [4.69, 9.17) is 38.7 Å². The van der Waals surface area contributed by atoms with Crippen molar-refractivity contribution in [1.29, 1.82) is 0 Å². The summed E-state index contributed by atoms with van der Waals surface area (Å²) in [6, 6.07) is 93.3. The van der Waals surface area contributed by atoms with Crippen LogP contribution in [0.3, 0.4) is 0 Å². The zero-order valence-electron chi connectivity index (χ0n) is 49.3. The molecule has 10 nitrogen and oxygen atoms in total. The summed E-state index contributed by atoms with van der Waals surface area (Å²) < 4.78 is 18.3. The monoisotopic (exact) mass is 1170 g/mol. The number of benzene rings is 12. The average Bonchev–Trinajstić information content (AvgIpc) is 1.55. The summed E-state index contributed by atoms with van der Waals surface area (Å²) in [4.78, 5) is 30.7. The molecule has 19 rings (SSSR count). The highest BCUT2D eigenvalue weighted by Crippen LogP contribution is 2.54. The van der Waals surface area contributed by atoms with E-state index in [-0.39, 0.29) is 5.41 Å². The maximum absolute atomic E-state index is 6.70. The molecule has 0 saturated heterocycles. The number of hydrogen-bond donors (Lipinski definition) is 0. The van der Waals surface area contributed by atoms with E-state index in [9.17, 15) is 0 Å². The van der Waals surface area contributed by atoms with Gasteiger partial charge in [-0.15, -0.1) is 0 Å². The zero-order chi connectivity index (χ0) is 60.1. The third-order valence-corrected chi connectivity index (χ3v) is 18.6. The molecule has 12 aromatic carbocycles. The normalized spacial score (nSPS) is 12.8. The van der Waals surface area contributed by atoms with Gasteiger partial charge in [0.1, 0.15) is 22.3 Å². The highest BCUT2D eigenvalue weighted by Gasteiger charge is 2.38. The molecular weight excluding hydrogens is 1120 g/mol. The lowest BCUT2D eigenvalue weighted by molar-refractivity contribution is 0.661. The molecule has 0 fully saturated rings. The molecular formula is C81H50N8O2. The van der Waals surface area contributed by atoms with Crippen LogP contribution in [0.2, 0.25) is 0 Å². The first-order chi connectivity index (χ1) is 44.8. The van der Waals surface area contributed by atoms with Crippen LogP contribution in [0.15, 0.2) is 276 Å². The number of fused-ring (bicyclic) bond motifs is 15. The van der Waals surface area contributed by atoms with Gasteiger partial charge in [-0.25, -0.2) is 29.9 Å². The van der Waals surface area contributed by atoms with E-state index < -0.39 is 0 Å². The molecule has 0 atom stereocenters. The Kier molecular flexibility index (Phi) is 10.9. The smallest absolute Gasteiger partial charge is 0.164 e. The van der Waals surface area contributed by atoms with Gasteiger partial charge in [0.05, 0.1) is 22.1 Å². The highest BCUT2D eigenvalue weighted by atomic mass is 16.3. The van der Waals surface area contributed by atoms with Crippen molar-refractivity contribution < 1.29 is 8.83 Å². The second-order valence-corrected chi connectivity index (χ2v) is 24.2. The first kappa shape index (κ1) is 51.0. The molecule has 1 aliphatic carbocycles. The molecule has 10 heteroatoms. The van der Waals surface area contributed by atoms with E-state index in [0.717, 1.165) is 111 Å². The maximum Gasteiger partial charge on any atom is 0.164 e. The molecule has 1 aliphatic rings. The van der Waals surface area contributed by atoms with Gasteiger partial charge in [-0.3, -0.25) is 0 Å². The Morgan fingerprint density at radius 2 is 0.615 bits per heavy atom. The molecule has 0 bridgehead atoms. The van der Waals surface area contributed by atoms with E-state index in [1.807, 2.05) is 146 Å². The second-order valence-electron chi connectivity index (χ2n) is 24.2. The molecule has 6 heterocycles. The molecule has 0 aliphatic heterocycles. The number of para-hydroxylation sites is 2. The van der Waals surface area contributed by atoms with Gasteiger partial charge in [-0.05, 0) is 107 Å². The molecule has 0 unspecified atom stereocenters. The number of nitrogens with zero attached hydrogens (tertiary/aromatic N) is 8. The molecule has 0 radical (unpaired) electrons. The van der Waals surface area contributed by atoms with Crippen molar-refractivity contribution in [3.8, 4) is 90.8 Å². The fourth-order valence-corrected chi connectivity index (χ4v) is 14.4. The van der Waals surface area contributed by atoms with E-state index in [0.29, 0.717) is 34.9 Å². The molecule has 91 heavy (non-hydrogen) atoms. The van der Waals surface area contributed by atoms with Gasteiger partial charge in [-0.2, -0.15) is 0 Å². The average molecular weight is 1170 g/mol. The van der Waals surface area contributed by atoms with Crippen LogP contribution in [0.5, 0.6) is 0 Å². The van der Waals surface area contributed by atoms with Crippen molar-refractivity contribution in [1.82, 2.24) is 39.0 Å². The number of rotatable bonds is 8. The van der Waals surface area contributed by atoms with E-state index in [1.54, 1.807) is 0 Å². The summed E-state index contributed by atoms with van der Waals surface area (Å²) in [5.41, 5.74) is 19.7. The summed E-state index contributed by atoms with van der Waals surface area (Å²) in [5, 5.41) is 8.59. The maximum atomic E-state index is 6.70. The summed E-state index contributed by atoms with van der Waals surface area (Å²) >= 11 is 0. The lowest BCUT2D eigenvalue weighted by atomic mass is 9.82. The Morgan fingerprint density at radius 1 is 0.264 bits per heavy atom. The fraction of sp³-hybridized carbons (Fsp3) is 0.0370. The Hall–Kier alpha value is -12.1. The van der Waals surface area contributed by atoms with Crippen LogP contribution in [0.25, 0.3) is 178 Å². The third-order valence-electron chi connectivity index (χ3n) is 18.6. The van der Waals surface area contributed by atoms with Gasteiger partial charge >= 0.3 is 0 Å². The number of aromatic nitrogens is 8. The lowest BCUT2D eigenvalue weighted by Crippen LogP contribution is -2.15. The van der Waals surface area contributed by atoms with Crippen LogP contribution >= 0.6 is 0 Å². The predicted molar refractivity (Wildman–Crippen MR) is 367 cm³/mol. The van der Waals surface area contributed by atoms with Gasteiger partial charge in [0.15, 0.2) is 34.9 Å². The van der Waals surface area contributed by atoms with Crippen LogP contribution in [0, 0.1) is 0 Å². The Labute approximate surface area is 520 Å². The Bertz CT molecular complexity index is 5560. The topological polar surface area (TPSA) is 113 Å². The quantitative estimate of drug-likeness (QED) is 0.148. The van der Waals surface area contributed by atoms with Crippen LogP contribution in [0.4, 0.5) is 0 Å².